The van der Waals surface area contributed by atoms with Crippen LogP contribution in [0.25, 0.3) is 0 Å². The average molecular weight is 205 g/mol. The predicted molar refractivity (Wildman–Crippen MR) is 65.3 cm³/mol. The van der Waals surface area contributed by atoms with Crippen LogP contribution in [0.5, 0.6) is 0 Å². The number of hydrogen-bond donors (Lipinski definition) is 1. The molecule has 0 spiro atoms. The van der Waals surface area contributed by atoms with E-state index in [-0.39, 0.29) is 0 Å². The summed E-state index contributed by atoms with van der Waals surface area (Å²) in [5.74, 6) is 0. The summed E-state index contributed by atoms with van der Waals surface area (Å²) in [5.41, 5.74) is 6.72. The summed E-state index contributed by atoms with van der Waals surface area (Å²) < 4.78 is 0. The van der Waals surface area contributed by atoms with Crippen molar-refractivity contribution in [1.82, 2.24) is 0 Å². The maximum absolute atomic E-state index is 5.33. The van der Waals surface area contributed by atoms with E-state index in [1.807, 2.05) is 12.1 Å². The summed E-state index contributed by atoms with van der Waals surface area (Å²) in [6.07, 6.45) is 7.11. The monoisotopic (exact) mass is 205 g/mol. The van der Waals surface area contributed by atoms with E-state index in [4.69, 9.17) is 18.0 Å². The molecule has 0 bridgehead atoms. The number of benzene rings is 1. The molecule has 0 aromatic heterocycles. The van der Waals surface area contributed by atoms with Crippen LogP contribution in [0.2, 0.25) is 0 Å². The van der Waals surface area contributed by atoms with Crippen LogP contribution < -0.4 is 5.73 Å². The SMILES string of the molecule is NC(=S)C=CCCCc1ccccc1. The summed E-state index contributed by atoms with van der Waals surface area (Å²) in [5, 5.41) is 0. The minimum absolute atomic E-state index is 0.463. The fourth-order valence-corrected chi connectivity index (χ4v) is 1.36. The second-order valence-corrected chi connectivity index (χ2v) is 3.65. The Morgan fingerprint density at radius 1 is 1.29 bits per heavy atom. The van der Waals surface area contributed by atoms with Gasteiger partial charge in [0, 0.05) is 0 Å². The first-order valence-corrected chi connectivity index (χ1v) is 5.20. The number of thiocarbonyl (C=S) groups is 1. The molecule has 0 amide bonds. The van der Waals surface area contributed by atoms with Crippen molar-refractivity contribution in [3.8, 4) is 0 Å². The predicted octanol–water partition coefficient (Wildman–Crippen LogP) is 2.85. The number of rotatable bonds is 5. The fourth-order valence-electron chi connectivity index (χ4n) is 1.27. The fraction of sp³-hybridized carbons (Fsp3) is 0.250. The molecule has 0 radical (unpaired) electrons. The standard InChI is InChI=1S/C12H15NS/c13-12(14)10-6-2-5-9-11-7-3-1-4-8-11/h1,3-4,6-8,10H,2,5,9H2,(H2,13,14). The second-order valence-electron chi connectivity index (χ2n) is 3.18. The Labute approximate surface area is 90.6 Å². The van der Waals surface area contributed by atoms with E-state index in [1.54, 1.807) is 6.08 Å². The van der Waals surface area contributed by atoms with Gasteiger partial charge in [-0.2, -0.15) is 0 Å². The van der Waals surface area contributed by atoms with Gasteiger partial charge in [0.15, 0.2) is 0 Å². The molecule has 1 nitrogen and oxygen atoms in total. The third-order valence-electron chi connectivity index (χ3n) is 1.96. The van der Waals surface area contributed by atoms with E-state index >= 15 is 0 Å². The second kappa shape index (κ2) is 6.33. The molecule has 1 rings (SSSR count). The summed E-state index contributed by atoms with van der Waals surface area (Å²) in [7, 11) is 0. The molecule has 0 aliphatic heterocycles. The molecular weight excluding hydrogens is 190 g/mol. The van der Waals surface area contributed by atoms with Gasteiger partial charge in [-0.05, 0) is 30.9 Å². The van der Waals surface area contributed by atoms with Gasteiger partial charge >= 0.3 is 0 Å². The molecule has 0 saturated carbocycles. The Bertz CT molecular complexity index is 303. The van der Waals surface area contributed by atoms with Crippen molar-refractivity contribution >= 4 is 17.2 Å². The Hall–Kier alpha value is -1.15. The van der Waals surface area contributed by atoms with Crippen molar-refractivity contribution < 1.29 is 0 Å². The molecule has 0 unspecified atom stereocenters. The first kappa shape index (κ1) is 10.9. The third-order valence-corrected chi connectivity index (χ3v) is 2.10. The summed E-state index contributed by atoms with van der Waals surface area (Å²) >= 11 is 4.73. The minimum Gasteiger partial charge on any atom is -0.390 e. The number of hydrogen-bond acceptors (Lipinski definition) is 1. The Balaban J connectivity index is 2.19. The largest absolute Gasteiger partial charge is 0.390 e. The lowest BCUT2D eigenvalue weighted by atomic mass is 10.1. The van der Waals surface area contributed by atoms with Gasteiger partial charge in [-0.15, -0.1) is 0 Å². The number of unbranched alkanes of at least 4 members (excludes halogenated alkanes) is 1. The van der Waals surface area contributed by atoms with Crippen LogP contribution in [0.3, 0.4) is 0 Å². The van der Waals surface area contributed by atoms with Crippen LogP contribution in [0.4, 0.5) is 0 Å². The number of allylic oxidation sites excluding steroid dienone is 1. The zero-order chi connectivity index (χ0) is 10.2. The van der Waals surface area contributed by atoms with Crippen molar-refractivity contribution in [2.45, 2.75) is 19.3 Å². The van der Waals surface area contributed by atoms with E-state index < -0.39 is 0 Å². The maximum atomic E-state index is 5.33. The van der Waals surface area contributed by atoms with Crippen molar-refractivity contribution in [3.63, 3.8) is 0 Å². The first-order chi connectivity index (χ1) is 6.79. The molecule has 2 N–H and O–H groups in total. The van der Waals surface area contributed by atoms with Crippen LogP contribution in [0, 0.1) is 0 Å². The highest BCUT2D eigenvalue weighted by Gasteiger charge is 1.89. The third kappa shape index (κ3) is 4.77. The summed E-state index contributed by atoms with van der Waals surface area (Å²) in [6.45, 7) is 0. The highest BCUT2D eigenvalue weighted by molar-refractivity contribution is 7.80. The lowest BCUT2D eigenvalue weighted by molar-refractivity contribution is 0.843. The topological polar surface area (TPSA) is 26.0 Å². The van der Waals surface area contributed by atoms with Gasteiger partial charge in [0.2, 0.25) is 0 Å². The van der Waals surface area contributed by atoms with Crippen molar-refractivity contribution in [2.24, 2.45) is 5.73 Å². The minimum atomic E-state index is 0.463. The van der Waals surface area contributed by atoms with Gasteiger partial charge < -0.3 is 5.73 Å². The molecule has 74 valence electrons. The molecule has 14 heavy (non-hydrogen) atoms. The Morgan fingerprint density at radius 3 is 2.64 bits per heavy atom. The van der Waals surface area contributed by atoms with E-state index in [0.717, 1.165) is 19.3 Å². The quantitative estimate of drug-likeness (QED) is 0.454. The maximum Gasteiger partial charge on any atom is 0.0958 e. The molecule has 1 aromatic carbocycles. The molecule has 0 aliphatic carbocycles. The van der Waals surface area contributed by atoms with Crippen molar-refractivity contribution in [3.05, 3.63) is 48.0 Å². The lowest BCUT2D eigenvalue weighted by Crippen LogP contribution is -2.01. The molecule has 0 fully saturated rings. The highest BCUT2D eigenvalue weighted by atomic mass is 32.1. The van der Waals surface area contributed by atoms with Crippen LogP contribution in [-0.4, -0.2) is 4.99 Å². The summed E-state index contributed by atoms with van der Waals surface area (Å²) in [4.78, 5) is 0.463. The van der Waals surface area contributed by atoms with Gasteiger partial charge in [-0.3, -0.25) is 0 Å². The lowest BCUT2D eigenvalue weighted by Gasteiger charge is -1.97. The van der Waals surface area contributed by atoms with Gasteiger partial charge in [-0.25, -0.2) is 0 Å². The van der Waals surface area contributed by atoms with E-state index in [2.05, 4.69) is 24.3 Å². The van der Waals surface area contributed by atoms with Crippen LogP contribution in [-0.2, 0) is 6.42 Å². The molecule has 0 aliphatic rings. The molecule has 0 heterocycles. The van der Waals surface area contributed by atoms with Crippen molar-refractivity contribution in [1.29, 1.82) is 0 Å². The summed E-state index contributed by atoms with van der Waals surface area (Å²) in [6, 6.07) is 10.5. The van der Waals surface area contributed by atoms with Crippen LogP contribution in [0.1, 0.15) is 18.4 Å². The highest BCUT2D eigenvalue weighted by Crippen LogP contribution is 2.04. The molecule has 1 aromatic rings. The van der Waals surface area contributed by atoms with E-state index in [0.29, 0.717) is 4.99 Å². The first-order valence-electron chi connectivity index (χ1n) is 4.79. The average Bonchev–Trinajstić information content (AvgIpc) is 2.18. The number of aryl methyl sites for hydroxylation is 1. The normalized spacial score (nSPS) is 10.6. The molecule has 2 heteroatoms. The Kier molecular flexibility index (Phi) is 4.94. The van der Waals surface area contributed by atoms with Gasteiger partial charge in [-0.1, -0.05) is 48.6 Å². The smallest absolute Gasteiger partial charge is 0.0958 e. The van der Waals surface area contributed by atoms with Gasteiger partial charge in [0.1, 0.15) is 0 Å². The number of nitrogens with two attached hydrogens (primary N) is 1. The van der Waals surface area contributed by atoms with Gasteiger partial charge in [0.25, 0.3) is 0 Å². The van der Waals surface area contributed by atoms with Crippen molar-refractivity contribution in [2.75, 3.05) is 0 Å². The molecular formula is C12H15NS. The van der Waals surface area contributed by atoms with E-state index in [1.165, 1.54) is 5.56 Å². The molecule has 0 saturated heterocycles. The zero-order valence-electron chi connectivity index (χ0n) is 8.15. The van der Waals surface area contributed by atoms with Crippen LogP contribution in [0.15, 0.2) is 42.5 Å². The van der Waals surface area contributed by atoms with Gasteiger partial charge in [0.05, 0.1) is 4.99 Å². The Morgan fingerprint density at radius 2 is 2.00 bits per heavy atom. The zero-order valence-corrected chi connectivity index (χ0v) is 8.96. The van der Waals surface area contributed by atoms with Crippen LogP contribution >= 0.6 is 12.2 Å². The van der Waals surface area contributed by atoms with E-state index in [9.17, 15) is 0 Å². The molecule has 0 atom stereocenters.